The summed E-state index contributed by atoms with van der Waals surface area (Å²) in [4.78, 5) is 30.7. The molecule has 0 aliphatic rings. The second kappa shape index (κ2) is 8.26. The molecular formula is C20H19N5O3. The van der Waals surface area contributed by atoms with E-state index in [1.807, 2.05) is 31.2 Å². The van der Waals surface area contributed by atoms with Gasteiger partial charge >= 0.3 is 5.69 Å². The van der Waals surface area contributed by atoms with Crippen LogP contribution in [0.1, 0.15) is 28.4 Å². The van der Waals surface area contributed by atoms with Gasteiger partial charge in [0.2, 0.25) is 11.6 Å². The van der Waals surface area contributed by atoms with Gasteiger partial charge in [0.1, 0.15) is 6.33 Å². The van der Waals surface area contributed by atoms with Crippen LogP contribution in [0.4, 0.5) is 23.0 Å². The molecule has 0 aliphatic carbocycles. The quantitative estimate of drug-likeness (QED) is 0.360. The van der Waals surface area contributed by atoms with E-state index in [4.69, 9.17) is 0 Å². The molecule has 1 heterocycles. The Morgan fingerprint density at radius 2 is 1.82 bits per heavy atom. The topological polar surface area (TPSA) is 110 Å². The highest BCUT2D eigenvalue weighted by Gasteiger charge is 2.23. The van der Waals surface area contributed by atoms with Crippen LogP contribution in [0.25, 0.3) is 0 Å². The zero-order valence-corrected chi connectivity index (χ0v) is 15.5. The Morgan fingerprint density at radius 1 is 1.11 bits per heavy atom. The molecule has 3 aromatic rings. The number of nitro groups is 1. The van der Waals surface area contributed by atoms with Crippen LogP contribution in [0.5, 0.6) is 0 Å². The Morgan fingerprint density at radius 3 is 2.50 bits per heavy atom. The van der Waals surface area contributed by atoms with Crippen molar-refractivity contribution in [2.75, 3.05) is 10.6 Å². The van der Waals surface area contributed by atoms with Crippen LogP contribution < -0.4 is 10.6 Å². The third-order valence-electron chi connectivity index (χ3n) is 4.12. The first kappa shape index (κ1) is 19.0. The van der Waals surface area contributed by atoms with Crippen molar-refractivity contribution in [1.29, 1.82) is 0 Å². The lowest BCUT2D eigenvalue weighted by Crippen LogP contribution is -2.08. The highest BCUT2D eigenvalue weighted by molar-refractivity contribution is 5.95. The number of ketones is 1. The normalized spacial score (nSPS) is 10.4. The maximum absolute atomic E-state index is 11.7. The number of aryl methyl sites for hydroxylation is 1. The van der Waals surface area contributed by atoms with Gasteiger partial charge in [-0.2, -0.15) is 0 Å². The maximum atomic E-state index is 11.7. The van der Waals surface area contributed by atoms with Crippen LogP contribution >= 0.6 is 0 Å². The van der Waals surface area contributed by atoms with Gasteiger partial charge in [-0.3, -0.25) is 14.9 Å². The molecule has 8 heteroatoms. The SMILES string of the molecule is CC(=O)c1cccc(Nc2ncnc(NCc3ccc(C)cc3)c2[N+](=O)[O-])c1. The molecule has 0 saturated carbocycles. The Kier molecular flexibility index (Phi) is 5.59. The summed E-state index contributed by atoms with van der Waals surface area (Å²) in [6.07, 6.45) is 1.25. The molecule has 0 atom stereocenters. The minimum atomic E-state index is -0.533. The van der Waals surface area contributed by atoms with E-state index in [2.05, 4.69) is 20.6 Å². The molecule has 0 saturated heterocycles. The number of nitrogens with one attached hydrogen (secondary N) is 2. The molecule has 0 fully saturated rings. The first-order chi connectivity index (χ1) is 13.4. The van der Waals surface area contributed by atoms with Crippen LogP contribution in [0.15, 0.2) is 54.9 Å². The van der Waals surface area contributed by atoms with Gasteiger partial charge in [0.05, 0.1) is 4.92 Å². The summed E-state index contributed by atoms with van der Waals surface area (Å²) >= 11 is 0. The lowest BCUT2D eigenvalue weighted by molar-refractivity contribution is -0.383. The molecule has 8 nitrogen and oxygen atoms in total. The van der Waals surface area contributed by atoms with Crippen LogP contribution in [-0.2, 0) is 6.54 Å². The summed E-state index contributed by atoms with van der Waals surface area (Å²) in [7, 11) is 0. The molecular weight excluding hydrogens is 358 g/mol. The second-order valence-electron chi connectivity index (χ2n) is 6.28. The number of benzene rings is 2. The van der Waals surface area contributed by atoms with Crippen molar-refractivity contribution in [3.05, 3.63) is 81.7 Å². The fraction of sp³-hybridized carbons (Fsp3) is 0.150. The van der Waals surface area contributed by atoms with Crippen molar-refractivity contribution in [2.24, 2.45) is 0 Å². The van der Waals surface area contributed by atoms with Crippen molar-refractivity contribution in [3.8, 4) is 0 Å². The van der Waals surface area contributed by atoms with Gasteiger partial charge in [-0.1, -0.05) is 42.0 Å². The van der Waals surface area contributed by atoms with E-state index >= 15 is 0 Å². The first-order valence-corrected chi connectivity index (χ1v) is 8.61. The number of rotatable bonds is 7. The van der Waals surface area contributed by atoms with Crippen molar-refractivity contribution in [2.45, 2.75) is 20.4 Å². The lowest BCUT2D eigenvalue weighted by atomic mass is 10.1. The Hall–Kier alpha value is -3.81. The minimum absolute atomic E-state index is 0.0482. The van der Waals surface area contributed by atoms with E-state index in [0.717, 1.165) is 11.1 Å². The molecule has 2 N–H and O–H groups in total. The summed E-state index contributed by atoms with van der Waals surface area (Å²) in [6.45, 7) is 3.84. The smallest absolute Gasteiger partial charge is 0.353 e. The average molecular weight is 377 g/mol. The molecule has 0 radical (unpaired) electrons. The highest BCUT2D eigenvalue weighted by atomic mass is 16.6. The van der Waals surface area contributed by atoms with Crippen molar-refractivity contribution >= 4 is 28.8 Å². The summed E-state index contributed by atoms with van der Waals surface area (Å²) in [6, 6.07) is 14.5. The van der Waals surface area contributed by atoms with Crippen LogP contribution in [0.2, 0.25) is 0 Å². The van der Waals surface area contributed by atoms with Crippen LogP contribution in [-0.4, -0.2) is 20.7 Å². The molecule has 0 bridgehead atoms. The predicted molar refractivity (Wildman–Crippen MR) is 107 cm³/mol. The Labute approximate surface area is 161 Å². The molecule has 28 heavy (non-hydrogen) atoms. The lowest BCUT2D eigenvalue weighted by Gasteiger charge is -2.11. The third kappa shape index (κ3) is 4.47. The van der Waals surface area contributed by atoms with E-state index in [-0.39, 0.29) is 23.1 Å². The summed E-state index contributed by atoms with van der Waals surface area (Å²) in [5.74, 6) is 0.0687. The zero-order chi connectivity index (χ0) is 20.1. The Balaban J connectivity index is 1.87. The van der Waals surface area contributed by atoms with Crippen molar-refractivity contribution in [3.63, 3.8) is 0 Å². The first-order valence-electron chi connectivity index (χ1n) is 8.61. The van der Waals surface area contributed by atoms with E-state index in [1.165, 1.54) is 13.3 Å². The number of hydrogen-bond donors (Lipinski definition) is 2. The molecule has 0 aliphatic heterocycles. The summed E-state index contributed by atoms with van der Waals surface area (Å²) < 4.78 is 0. The van der Waals surface area contributed by atoms with E-state index < -0.39 is 4.92 Å². The number of carbonyl (C=O) groups is 1. The molecule has 1 aromatic heterocycles. The highest BCUT2D eigenvalue weighted by Crippen LogP contribution is 2.31. The third-order valence-corrected chi connectivity index (χ3v) is 4.12. The number of nitrogens with zero attached hydrogens (tertiary/aromatic N) is 3. The van der Waals surface area contributed by atoms with Gasteiger partial charge in [-0.15, -0.1) is 0 Å². The number of carbonyl (C=O) groups excluding carboxylic acids is 1. The minimum Gasteiger partial charge on any atom is -0.360 e. The van der Waals surface area contributed by atoms with E-state index in [9.17, 15) is 14.9 Å². The zero-order valence-electron chi connectivity index (χ0n) is 15.5. The number of anilines is 3. The van der Waals surface area contributed by atoms with Crippen molar-refractivity contribution < 1.29 is 9.72 Å². The van der Waals surface area contributed by atoms with Crippen LogP contribution in [0, 0.1) is 17.0 Å². The monoisotopic (exact) mass is 377 g/mol. The van der Waals surface area contributed by atoms with Gasteiger partial charge in [0.15, 0.2) is 5.78 Å². The molecule has 3 rings (SSSR count). The summed E-state index contributed by atoms with van der Waals surface area (Å²) in [5.41, 5.74) is 2.87. The molecule has 0 amide bonds. The second-order valence-corrected chi connectivity index (χ2v) is 6.28. The molecule has 142 valence electrons. The fourth-order valence-electron chi connectivity index (χ4n) is 2.62. The standard InChI is InChI=1S/C20H19N5O3/c1-13-6-8-15(9-7-13)11-21-19-18(25(27)28)20(23-12-22-19)24-17-5-3-4-16(10-17)14(2)26/h3-10,12H,11H2,1-2H3,(H2,21,22,23,24). The maximum Gasteiger partial charge on any atom is 0.353 e. The number of aromatic nitrogens is 2. The molecule has 0 spiro atoms. The van der Waals surface area contributed by atoms with Gasteiger partial charge in [-0.25, -0.2) is 9.97 Å². The van der Waals surface area contributed by atoms with Gasteiger partial charge < -0.3 is 10.6 Å². The molecule has 0 unspecified atom stereocenters. The van der Waals surface area contributed by atoms with Crippen LogP contribution in [0.3, 0.4) is 0 Å². The van der Waals surface area contributed by atoms with Gasteiger partial charge in [0.25, 0.3) is 0 Å². The summed E-state index contributed by atoms with van der Waals surface area (Å²) in [5, 5.41) is 17.6. The van der Waals surface area contributed by atoms with Gasteiger partial charge in [0, 0.05) is 17.8 Å². The predicted octanol–water partition coefficient (Wildman–Crippen LogP) is 4.25. The average Bonchev–Trinajstić information content (AvgIpc) is 2.67. The number of Topliss-reactive ketones (excluding diaryl/α,β-unsaturated/α-hetero) is 1. The largest absolute Gasteiger partial charge is 0.360 e. The molecule has 2 aromatic carbocycles. The van der Waals surface area contributed by atoms with Crippen molar-refractivity contribution in [1.82, 2.24) is 9.97 Å². The Bertz CT molecular complexity index is 1020. The number of hydrogen-bond acceptors (Lipinski definition) is 7. The fourth-order valence-corrected chi connectivity index (χ4v) is 2.62. The van der Waals surface area contributed by atoms with E-state index in [0.29, 0.717) is 17.8 Å². The van der Waals surface area contributed by atoms with E-state index in [1.54, 1.807) is 24.3 Å². The van der Waals surface area contributed by atoms with Gasteiger partial charge in [-0.05, 0) is 31.5 Å².